The Balaban J connectivity index is 2.23. The van der Waals surface area contributed by atoms with Crippen LogP contribution >= 0.6 is 0 Å². The maximum absolute atomic E-state index is 12.5. The molecule has 2 rings (SSSR count). The van der Waals surface area contributed by atoms with Gasteiger partial charge in [0, 0.05) is 24.7 Å². The van der Waals surface area contributed by atoms with E-state index < -0.39 is 6.61 Å². The number of fused-ring (bicyclic) bond motifs is 1. The van der Waals surface area contributed by atoms with Crippen LogP contribution in [0.3, 0.4) is 0 Å². The van der Waals surface area contributed by atoms with Gasteiger partial charge in [-0.05, 0) is 19.9 Å². The molecular weight excluding hydrogens is 296 g/mol. The maximum atomic E-state index is 12.5. The Morgan fingerprint density at radius 2 is 1.95 bits per heavy atom. The summed E-state index contributed by atoms with van der Waals surface area (Å²) in [6.45, 7) is 2.58. The number of hydrogen-bond donors (Lipinski definition) is 1. The van der Waals surface area contributed by atoms with Crippen LogP contribution in [0.2, 0.25) is 0 Å². The van der Waals surface area contributed by atoms with Crippen molar-refractivity contribution in [2.45, 2.75) is 27.0 Å². The first kappa shape index (κ1) is 16.1. The number of aliphatic imine (C=N–C) groups is 1. The number of nitrogens with two attached hydrogens (primary N) is 1. The number of alkyl halides is 2. The molecule has 1 aromatic rings. The minimum atomic E-state index is -2.93. The first-order valence-electron chi connectivity index (χ1n) is 6.97. The van der Waals surface area contributed by atoms with Crippen molar-refractivity contribution < 1.29 is 23.0 Å². The average Bonchev–Trinajstić information content (AvgIpc) is 2.92. The van der Waals surface area contributed by atoms with E-state index in [-0.39, 0.29) is 19.1 Å². The largest absolute Gasteiger partial charge is 0.454 e. The summed E-state index contributed by atoms with van der Waals surface area (Å²) < 4.78 is 40.0. The summed E-state index contributed by atoms with van der Waals surface area (Å²) in [6, 6.07) is 2.96. The zero-order valence-corrected chi connectivity index (χ0v) is 12.5. The van der Waals surface area contributed by atoms with E-state index in [1.165, 1.54) is 6.07 Å². The number of guanidine groups is 1. The summed E-state index contributed by atoms with van der Waals surface area (Å²) >= 11 is 0. The molecule has 22 heavy (non-hydrogen) atoms. The smallest absolute Gasteiger partial charge is 0.387 e. The van der Waals surface area contributed by atoms with E-state index in [2.05, 4.69) is 9.73 Å². The minimum absolute atomic E-state index is 0.00958. The van der Waals surface area contributed by atoms with Crippen molar-refractivity contribution >= 4 is 5.96 Å². The second kappa shape index (κ2) is 7.15. The minimum Gasteiger partial charge on any atom is -0.454 e. The van der Waals surface area contributed by atoms with E-state index in [1.54, 1.807) is 6.07 Å². The molecule has 0 unspecified atom stereocenters. The third-order valence-corrected chi connectivity index (χ3v) is 3.27. The predicted octanol–water partition coefficient (Wildman–Crippen LogP) is 2.17. The van der Waals surface area contributed by atoms with Gasteiger partial charge < -0.3 is 24.8 Å². The second-order valence-corrected chi connectivity index (χ2v) is 4.54. The third kappa shape index (κ3) is 3.69. The molecule has 1 aliphatic heterocycles. The van der Waals surface area contributed by atoms with Crippen molar-refractivity contribution in [1.29, 1.82) is 0 Å². The van der Waals surface area contributed by atoms with Crippen molar-refractivity contribution in [3.05, 3.63) is 17.7 Å². The predicted molar refractivity (Wildman–Crippen MR) is 77.4 cm³/mol. The highest BCUT2D eigenvalue weighted by molar-refractivity contribution is 5.78. The lowest BCUT2D eigenvalue weighted by atomic mass is 10.1. The van der Waals surface area contributed by atoms with Gasteiger partial charge in [-0.3, -0.25) is 0 Å². The van der Waals surface area contributed by atoms with Crippen LogP contribution in [0.1, 0.15) is 19.4 Å². The van der Waals surface area contributed by atoms with Gasteiger partial charge in [-0.2, -0.15) is 8.78 Å². The molecule has 1 heterocycles. The quantitative estimate of drug-likeness (QED) is 0.643. The number of nitrogens with zero attached hydrogens (tertiary/aromatic N) is 2. The van der Waals surface area contributed by atoms with Crippen LogP contribution < -0.4 is 19.9 Å². The Bertz CT molecular complexity index is 548. The molecule has 0 spiro atoms. The summed E-state index contributed by atoms with van der Waals surface area (Å²) in [4.78, 5) is 6.09. The molecule has 1 aromatic carbocycles. The highest BCUT2D eigenvalue weighted by Gasteiger charge is 2.20. The first-order chi connectivity index (χ1) is 10.5. The van der Waals surface area contributed by atoms with Gasteiger partial charge in [0.1, 0.15) is 5.75 Å². The number of hydrogen-bond acceptors (Lipinski definition) is 4. The van der Waals surface area contributed by atoms with Crippen molar-refractivity contribution in [2.24, 2.45) is 10.7 Å². The zero-order valence-electron chi connectivity index (χ0n) is 12.5. The van der Waals surface area contributed by atoms with Gasteiger partial charge in [0.15, 0.2) is 17.5 Å². The Kier molecular flexibility index (Phi) is 5.24. The van der Waals surface area contributed by atoms with Gasteiger partial charge in [0.25, 0.3) is 0 Å². The summed E-state index contributed by atoms with van der Waals surface area (Å²) in [7, 11) is 0. The van der Waals surface area contributed by atoms with Crippen LogP contribution in [0, 0.1) is 0 Å². The van der Waals surface area contributed by atoms with E-state index in [0.717, 1.165) is 0 Å². The molecule has 0 amide bonds. The molecule has 0 bridgehead atoms. The molecule has 1 aliphatic rings. The van der Waals surface area contributed by atoms with Crippen LogP contribution in [-0.4, -0.2) is 37.4 Å². The monoisotopic (exact) mass is 315 g/mol. The van der Waals surface area contributed by atoms with Crippen molar-refractivity contribution in [3.63, 3.8) is 0 Å². The Morgan fingerprint density at radius 1 is 1.32 bits per heavy atom. The zero-order chi connectivity index (χ0) is 16.1. The summed E-state index contributed by atoms with van der Waals surface area (Å²) in [5.74, 6) is 1.22. The van der Waals surface area contributed by atoms with Crippen molar-refractivity contribution in [2.75, 3.05) is 19.9 Å². The number of benzene rings is 1. The highest BCUT2D eigenvalue weighted by atomic mass is 19.3. The van der Waals surface area contributed by atoms with Crippen LogP contribution in [0.4, 0.5) is 8.78 Å². The van der Waals surface area contributed by atoms with E-state index >= 15 is 0 Å². The average molecular weight is 315 g/mol. The van der Waals surface area contributed by atoms with Gasteiger partial charge >= 0.3 is 6.61 Å². The molecule has 0 fully saturated rings. The first-order valence-corrected chi connectivity index (χ1v) is 6.97. The number of rotatable bonds is 6. The molecular formula is C14H19F2N3O3. The van der Waals surface area contributed by atoms with Gasteiger partial charge in [-0.15, -0.1) is 0 Å². The topological polar surface area (TPSA) is 69.3 Å². The standard InChI is InChI=1S/C14H19F2N3O3/c1-3-19(4-2)14(17)18-7-9-5-11-12(21-8-20-11)6-10(9)22-13(15)16/h5-6,13H,3-4,7-8H2,1-2H3,(H2,17,18). The molecule has 0 aromatic heterocycles. The fourth-order valence-corrected chi connectivity index (χ4v) is 2.11. The maximum Gasteiger partial charge on any atom is 0.387 e. The van der Waals surface area contributed by atoms with Gasteiger partial charge in [0.05, 0.1) is 6.54 Å². The molecule has 122 valence electrons. The molecule has 0 atom stereocenters. The number of ether oxygens (including phenoxy) is 3. The molecule has 0 saturated carbocycles. The summed E-state index contributed by atoms with van der Waals surface area (Å²) in [5.41, 5.74) is 6.34. The van der Waals surface area contributed by atoms with E-state index in [9.17, 15) is 8.78 Å². The van der Waals surface area contributed by atoms with Crippen LogP contribution in [0.5, 0.6) is 17.2 Å². The molecule has 0 radical (unpaired) electrons. The second-order valence-electron chi connectivity index (χ2n) is 4.54. The highest BCUT2D eigenvalue weighted by Crippen LogP contribution is 2.38. The lowest BCUT2D eigenvalue weighted by Crippen LogP contribution is -2.37. The summed E-state index contributed by atoms with van der Waals surface area (Å²) in [6.07, 6.45) is 0. The lowest BCUT2D eigenvalue weighted by Gasteiger charge is -2.19. The molecule has 6 nitrogen and oxygen atoms in total. The fourth-order valence-electron chi connectivity index (χ4n) is 2.11. The lowest BCUT2D eigenvalue weighted by molar-refractivity contribution is -0.0505. The van der Waals surface area contributed by atoms with Crippen LogP contribution in [0.25, 0.3) is 0 Å². The fraction of sp³-hybridized carbons (Fsp3) is 0.500. The normalized spacial score (nSPS) is 13.6. The van der Waals surface area contributed by atoms with Crippen LogP contribution in [-0.2, 0) is 6.54 Å². The van der Waals surface area contributed by atoms with Crippen LogP contribution in [0.15, 0.2) is 17.1 Å². The molecule has 0 aliphatic carbocycles. The van der Waals surface area contributed by atoms with E-state index in [1.807, 2.05) is 18.7 Å². The van der Waals surface area contributed by atoms with Gasteiger partial charge in [0.2, 0.25) is 6.79 Å². The Hall–Kier alpha value is -2.25. The third-order valence-electron chi connectivity index (χ3n) is 3.27. The van der Waals surface area contributed by atoms with Gasteiger partial charge in [-0.25, -0.2) is 4.99 Å². The van der Waals surface area contributed by atoms with E-state index in [0.29, 0.717) is 36.1 Å². The summed E-state index contributed by atoms with van der Waals surface area (Å²) in [5, 5.41) is 0. The number of halogens is 2. The van der Waals surface area contributed by atoms with Crippen molar-refractivity contribution in [1.82, 2.24) is 4.90 Å². The Labute approximate surface area is 127 Å². The van der Waals surface area contributed by atoms with E-state index in [4.69, 9.17) is 15.2 Å². The van der Waals surface area contributed by atoms with Gasteiger partial charge in [-0.1, -0.05) is 0 Å². The molecule has 8 heteroatoms. The molecule has 2 N–H and O–H groups in total. The van der Waals surface area contributed by atoms with Crippen molar-refractivity contribution in [3.8, 4) is 17.2 Å². The molecule has 0 saturated heterocycles. The Morgan fingerprint density at radius 3 is 2.55 bits per heavy atom. The SMILES string of the molecule is CCN(CC)C(N)=NCc1cc2c(cc1OC(F)F)OCO2.